The Morgan fingerprint density at radius 2 is 1.68 bits per heavy atom. The molecule has 9 nitrogen and oxygen atoms in total. The monoisotopic (exact) mass is 521 g/mol. The third kappa shape index (κ3) is 7.13. The lowest BCUT2D eigenvalue weighted by molar-refractivity contribution is 0.0398. The summed E-state index contributed by atoms with van der Waals surface area (Å²) in [6.07, 6.45) is 0. The van der Waals surface area contributed by atoms with Crippen LogP contribution in [0.3, 0.4) is 0 Å². The number of amides is 2. The molecule has 0 aliphatic carbocycles. The van der Waals surface area contributed by atoms with E-state index < -0.39 is 0 Å². The Morgan fingerprint density at radius 3 is 2.41 bits per heavy atom. The molecular formula is C27H28ClN5O4. The molecule has 1 fully saturated rings. The zero-order valence-electron chi connectivity index (χ0n) is 20.2. The number of rotatable bonds is 9. The van der Waals surface area contributed by atoms with E-state index in [1.54, 1.807) is 24.3 Å². The molecule has 0 saturated carbocycles. The number of aromatic nitrogens is 1. The Kier molecular flexibility index (Phi) is 8.05. The van der Waals surface area contributed by atoms with Gasteiger partial charge in [-0.25, -0.2) is 4.79 Å². The number of morpholine rings is 1. The summed E-state index contributed by atoms with van der Waals surface area (Å²) in [5.41, 5.74) is 3.74. The van der Waals surface area contributed by atoms with E-state index in [9.17, 15) is 4.79 Å². The van der Waals surface area contributed by atoms with Gasteiger partial charge in [0.15, 0.2) is 5.58 Å². The molecule has 1 saturated heterocycles. The fraction of sp³-hybridized carbons (Fsp3) is 0.259. The summed E-state index contributed by atoms with van der Waals surface area (Å²) in [6, 6.07) is 20.1. The first-order chi connectivity index (χ1) is 18.1. The summed E-state index contributed by atoms with van der Waals surface area (Å²) in [7, 11) is 0. The average Bonchev–Trinajstić information content (AvgIpc) is 3.32. The summed E-state index contributed by atoms with van der Waals surface area (Å²) >= 11 is 5.87. The number of carbonyl (C=O) groups excluding carboxylic acids is 1. The molecule has 4 aromatic rings. The quantitative estimate of drug-likeness (QED) is 0.269. The SMILES string of the molecule is O=C(Nc1ccc(Cl)cc1)Nc1ccc(COc2ccc3oc(NCCN4CCOCC4)nc3c2)cc1. The van der Waals surface area contributed by atoms with E-state index in [1.165, 1.54) is 0 Å². The molecule has 37 heavy (non-hydrogen) atoms. The molecule has 0 radical (unpaired) electrons. The summed E-state index contributed by atoms with van der Waals surface area (Å²) in [5.74, 6) is 0.699. The normalized spacial score (nSPS) is 13.9. The molecule has 192 valence electrons. The summed E-state index contributed by atoms with van der Waals surface area (Å²) < 4.78 is 17.1. The number of hydrogen-bond donors (Lipinski definition) is 3. The minimum atomic E-state index is -0.331. The highest BCUT2D eigenvalue weighted by atomic mass is 35.5. The summed E-state index contributed by atoms with van der Waals surface area (Å²) in [6.45, 7) is 5.53. The van der Waals surface area contributed by atoms with Crippen LogP contribution < -0.4 is 20.7 Å². The minimum absolute atomic E-state index is 0.331. The first-order valence-corrected chi connectivity index (χ1v) is 12.5. The number of urea groups is 1. The second kappa shape index (κ2) is 12.0. The van der Waals surface area contributed by atoms with Gasteiger partial charge in [0.1, 0.15) is 17.9 Å². The van der Waals surface area contributed by atoms with Crippen LogP contribution in [0.4, 0.5) is 22.2 Å². The minimum Gasteiger partial charge on any atom is -0.489 e. The van der Waals surface area contributed by atoms with Crippen LogP contribution in [0.15, 0.2) is 71.1 Å². The van der Waals surface area contributed by atoms with Gasteiger partial charge in [-0.1, -0.05) is 23.7 Å². The van der Waals surface area contributed by atoms with Crippen LogP contribution >= 0.6 is 11.6 Å². The molecule has 1 aliphatic rings. The Bertz CT molecular complexity index is 1320. The van der Waals surface area contributed by atoms with Crippen LogP contribution in [0.5, 0.6) is 5.75 Å². The maximum Gasteiger partial charge on any atom is 0.323 e. The van der Waals surface area contributed by atoms with Gasteiger partial charge >= 0.3 is 6.03 Å². The van der Waals surface area contributed by atoms with E-state index in [4.69, 9.17) is 25.5 Å². The number of benzene rings is 3. The number of ether oxygens (including phenoxy) is 2. The Morgan fingerprint density at radius 1 is 0.973 bits per heavy atom. The van der Waals surface area contributed by atoms with E-state index in [-0.39, 0.29) is 6.03 Å². The van der Waals surface area contributed by atoms with E-state index in [0.29, 0.717) is 40.4 Å². The van der Waals surface area contributed by atoms with Crippen molar-refractivity contribution < 1.29 is 18.7 Å². The van der Waals surface area contributed by atoms with Crippen molar-refractivity contribution in [3.63, 3.8) is 0 Å². The summed E-state index contributed by atoms with van der Waals surface area (Å²) in [5, 5.41) is 9.43. The number of carbonyl (C=O) groups is 1. The van der Waals surface area contributed by atoms with Crippen molar-refractivity contribution in [1.29, 1.82) is 0 Å². The van der Waals surface area contributed by atoms with Gasteiger partial charge in [0.25, 0.3) is 6.01 Å². The highest BCUT2D eigenvalue weighted by Gasteiger charge is 2.11. The van der Waals surface area contributed by atoms with Gasteiger partial charge in [-0.15, -0.1) is 0 Å². The van der Waals surface area contributed by atoms with Crippen molar-refractivity contribution in [3.8, 4) is 5.75 Å². The lowest BCUT2D eigenvalue weighted by Gasteiger charge is -2.26. The molecule has 3 aromatic carbocycles. The van der Waals surface area contributed by atoms with Crippen LogP contribution in [0, 0.1) is 0 Å². The van der Waals surface area contributed by atoms with Gasteiger partial charge in [-0.2, -0.15) is 4.98 Å². The molecule has 2 heterocycles. The van der Waals surface area contributed by atoms with Crippen molar-refractivity contribution in [2.45, 2.75) is 6.61 Å². The topological polar surface area (TPSA) is 101 Å². The van der Waals surface area contributed by atoms with Crippen molar-refractivity contribution in [3.05, 3.63) is 77.3 Å². The highest BCUT2D eigenvalue weighted by Crippen LogP contribution is 2.24. The maximum absolute atomic E-state index is 12.2. The van der Waals surface area contributed by atoms with Gasteiger partial charge in [0.2, 0.25) is 0 Å². The van der Waals surface area contributed by atoms with Crippen LogP contribution in [0.2, 0.25) is 5.02 Å². The van der Waals surface area contributed by atoms with Crippen molar-refractivity contribution >= 4 is 46.1 Å². The van der Waals surface area contributed by atoms with E-state index in [2.05, 4.69) is 25.8 Å². The predicted octanol–water partition coefficient (Wildman–Crippen LogP) is 5.45. The fourth-order valence-corrected chi connectivity index (χ4v) is 4.02. The molecular weight excluding hydrogens is 494 g/mol. The fourth-order valence-electron chi connectivity index (χ4n) is 3.90. The molecule has 0 spiro atoms. The van der Waals surface area contributed by atoms with Crippen molar-refractivity contribution in [2.75, 3.05) is 55.3 Å². The highest BCUT2D eigenvalue weighted by molar-refractivity contribution is 6.30. The van der Waals surface area contributed by atoms with E-state index in [0.717, 1.165) is 50.5 Å². The van der Waals surface area contributed by atoms with Crippen LogP contribution in [0.25, 0.3) is 11.1 Å². The standard InChI is InChI=1S/C27H28ClN5O4/c28-20-3-7-22(8-4-20)31-26(34)30-21-5-1-19(2-6-21)18-36-23-9-10-25-24(17-23)32-27(37-25)29-11-12-33-13-15-35-16-14-33/h1-10,17H,11-16,18H2,(H,29,32)(H2,30,31,34). The number of halogens is 1. The van der Waals surface area contributed by atoms with Crippen LogP contribution in [-0.4, -0.2) is 55.3 Å². The van der Waals surface area contributed by atoms with Gasteiger partial charge < -0.3 is 29.8 Å². The first-order valence-electron chi connectivity index (χ1n) is 12.1. The third-order valence-electron chi connectivity index (χ3n) is 5.89. The van der Waals surface area contributed by atoms with Crippen LogP contribution in [-0.2, 0) is 11.3 Å². The number of anilines is 3. The molecule has 0 bridgehead atoms. The van der Waals surface area contributed by atoms with Gasteiger partial charge in [-0.05, 0) is 54.1 Å². The second-order valence-electron chi connectivity index (χ2n) is 8.60. The zero-order chi connectivity index (χ0) is 25.5. The molecule has 3 N–H and O–H groups in total. The third-order valence-corrected chi connectivity index (χ3v) is 6.14. The molecule has 1 aliphatic heterocycles. The summed E-state index contributed by atoms with van der Waals surface area (Å²) in [4.78, 5) is 19.1. The van der Waals surface area contributed by atoms with Crippen molar-refractivity contribution in [1.82, 2.24) is 9.88 Å². The number of fused-ring (bicyclic) bond motifs is 1. The smallest absolute Gasteiger partial charge is 0.323 e. The van der Waals surface area contributed by atoms with Gasteiger partial charge in [0, 0.05) is 48.6 Å². The molecule has 0 atom stereocenters. The Balaban J connectivity index is 1.09. The molecule has 1 aromatic heterocycles. The lowest BCUT2D eigenvalue weighted by Crippen LogP contribution is -2.39. The molecule has 10 heteroatoms. The number of nitrogens with one attached hydrogen (secondary N) is 3. The Labute approximate surface area is 219 Å². The zero-order valence-corrected chi connectivity index (χ0v) is 21.0. The van der Waals surface area contributed by atoms with Crippen molar-refractivity contribution in [2.24, 2.45) is 0 Å². The lowest BCUT2D eigenvalue weighted by atomic mass is 10.2. The maximum atomic E-state index is 12.2. The average molecular weight is 522 g/mol. The molecule has 2 amide bonds. The predicted molar refractivity (Wildman–Crippen MR) is 145 cm³/mol. The van der Waals surface area contributed by atoms with Crippen LogP contribution in [0.1, 0.15) is 5.56 Å². The van der Waals surface area contributed by atoms with Gasteiger partial charge in [0.05, 0.1) is 13.2 Å². The number of nitrogens with zero attached hydrogens (tertiary/aromatic N) is 2. The number of oxazole rings is 1. The van der Waals surface area contributed by atoms with Gasteiger partial charge in [-0.3, -0.25) is 4.90 Å². The Hall–Kier alpha value is -3.79. The second-order valence-corrected chi connectivity index (χ2v) is 9.04. The van der Waals surface area contributed by atoms with E-state index in [1.807, 2.05) is 42.5 Å². The van der Waals surface area contributed by atoms with E-state index >= 15 is 0 Å². The number of hydrogen-bond acceptors (Lipinski definition) is 7. The largest absolute Gasteiger partial charge is 0.489 e. The molecule has 5 rings (SSSR count). The first kappa shape index (κ1) is 24.9. The molecule has 0 unspecified atom stereocenters.